The minimum Gasteiger partial charge on any atom is -0.427 e. The maximum absolute atomic E-state index is 10.7. The summed E-state index contributed by atoms with van der Waals surface area (Å²) >= 11 is 0. The highest BCUT2D eigenvalue weighted by Gasteiger charge is 2.35. The molecular weight excluding hydrogens is 547 g/mol. The van der Waals surface area contributed by atoms with Crippen molar-refractivity contribution in [1.29, 1.82) is 0 Å². The van der Waals surface area contributed by atoms with Crippen molar-refractivity contribution in [3.8, 4) is 55.6 Å². The van der Waals surface area contributed by atoms with E-state index in [9.17, 15) is 5.11 Å². The van der Waals surface area contributed by atoms with Crippen molar-refractivity contribution in [2.24, 2.45) is 0 Å². The Kier molecular flexibility index (Phi) is 8.58. The first-order valence-electron chi connectivity index (χ1n) is 15.6. The summed E-state index contributed by atoms with van der Waals surface area (Å²) in [5.41, 5.74) is 11.1. The number of hydrogen-bond donors (Lipinski definition) is 1. The lowest BCUT2D eigenvalue weighted by molar-refractivity contribution is -0.0893. The van der Waals surface area contributed by atoms with E-state index in [-0.39, 0.29) is 0 Å². The van der Waals surface area contributed by atoms with E-state index in [1.165, 1.54) is 38.9 Å². The summed E-state index contributed by atoms with van der Waals surface area (Å²) in [5, 5.41) is 10.7. The molecule has 2 nitrogen and oxygen atoms in total. The Morgan fingerprint density at radius 2 is 0.844 bits per heavy atom. The largest absolute Gasteiger partial charge is 0.427 e. The molecular formula is C42H39BO2. The molecule has 6 aromatic rings. The Balaban J connectivity index is 1.67. The predicted molar refractivity (Wildman–Crippen MR) is 192 cm³/mol. The zero-order valence-electron chi connectivity index (χ0n) is 26.5. The molecule has 0 heterocycles. The van der Waals surface area contributed by atoms with E-state index in [1.807, 2.05) is 13.8 Å². The van der Waals surface area contributed by atoms with E-state index in [2.05, 4.69) is 152 Å². The summed E-state index contributed by atoms with van der Waals surface area (Å²) in [7, 11) is 0.394. The quantitative estimate of drug-likeness (QED) is 0.171. The smallest absolute Gasteiger partial charge is 0.309 e. The molecule has 0 aromatic heterocycles. The van der Waals surface area contributed by atoms with Crippen LogP contribution in [0.4, 0.5) is 0 Å². The van der Waals surface area contributed by atoms with E-state index >= 15 is 0 Å². The fourth-order valence-electron chi connectivity index (χ4n) is 5.73. The molecule has 0 aliphatic rings. The van der Waals surface area contributed by atoms with Gasteiger partial charge >= 0.3 is 7.48 Å². The van der Waals surface area contributed by atoms with Gasteiger partial charge in [-0.25, -0.2) is 0 Å². The van der Waals surface area contributed by atoms with Crippen molar-refractivity contribution in [1.82, 2.24) is 0 Å². The van der Waals surface area contributed by atoms with Crippen molar-refractivity contribution in [2.45, 2.75) is 38.9 Å². The van der Waals surface area contributed by atoms with Gasteiger partial charge in [0, 0.05) is 0 Å². The van der Waals surface area contributed by atoms with Crippen LogP contribution in [0.2, 0.25) is 0 Å². The van der Waals surface area contributed by atoms with Crippen LogP contribution < -0.4 is 5.46 Å². The average molecular weight is 587 g/mol. The molecule has 0 amide bonds. The van der Waals surface area contributed by atoms with Gasteiger partial charge in [-0.1, -0.05) is 151 Å². The standard InChI is InChI=1S/C42H39BO2/c1-41(2,44)42(3,4)45-43-35-27-17-26-34(28-35)37-29-36(30-18-9-5-10-19-30)38(31-20-11-6-12-21-31)40(33-24-15-8-16-25-33)39(37)32-22-13-7-14-23-32/h5-29,43-44H,1-4H3. The summed E-state index contributed by atoms with van der Waals surface area (Å²) in [6.45, 7) is 7.45. The van der Waals surface area contributed by atoms with Crippen LogP contribution in [-0.2, 0) is 4.65 Å². The normalized spacial score (nSPS) is 11.8. The zero-order valence-corrected chi connectivity index (χ0v) is 26.5. The fraction of sp³-hybridized carbons (Fsp3) is 0.143. The Morgan fingerprint density at radius 1 is 0.444 bits per heavy atom. The van der Waals surface area contributed by atoms with Gasteiger partial charge in [-0.2, -0.15) is 0 Å². The van der Waals surface area contributed by atoms with Crippen LogP contribution in [0, 0.1) is 0 Å². The van der Waals surface area contributed by atoms with Crippen LogP contribution in [0.1, 0.15) is 27.7 Å². The van der Waals surface area contributed by atoms with Crippen molar-refractivity contribution < 1.29 is 9.76 Å². The van der Waals surface area contributed by atoms with Gasteiger partial charge in [0.25, 0.3) is 0 Å². The Morgan fingerprint density at radius 3 is 1.31 bits per heavy atom. The molecule has 6 rings (SSSR count). The first kappa shape index (κ1) is 30.3. The molecule has 3 heteroatoms. The highest BCUT2D eigenvalue weighted by atomic mass is 16.5. The maximum Gasteiger partial charge on any atom is 0.309 e. The van der Waals surface area contributed by atoms with E-state index in [0.717, 1.165) is 22.2 Å². The Bertz CT molecular complexity index is 1880. The van der Waals surface area contributed by atoms with Crippen molar-refractivity contribution in [3.63, 3.8) is 0 Å². The summed E-state index contributed by atoms with van der Waals surface area (Å²) in [4.78, 5) is 0. The second-order valence-corrected chi connectivity index (χ2v) is 12.6. The van der Waals surface area contributed by atoms with Gasteiger partial charge in [0.15, 0.2) is 0 Å². The molecule has 0 unspecified atom stereocenters. The molecule has 1 N–H and O–H groups in total. The molecule has 0 fully saturated rings. The number of benzene rings is 6. The van der Waals surface area contributed by atoms with E-state index in [0.29, 0.717) is 7.48 Å². The number of hydrogen-bond acceptors (Lipinski definition) is 2. The third-order valence-electron chi connectivity index (χ3n) is 8.91. The minimum atomic E-state index is -0.979. The van der Waals surface area contributed by atoms with Gasteiger partial charge in [0.2, 0.25) is 0 Å². The zero-order chi connectivity index (χ0) is 31.4. The lowest BCUT2D eigenvalue weighted by Gasteiger charge is -2.37. The molecule has 6 aromatic carbocycles. The van der Waals surface area contributed by atoms with Gasteiger partial charge in [0.1, 0.15) is 0 Å². The Labute approximate surface area is 268 Å². The number of aliphatic hydroxyl groups is 1. The summed E-state index contributed by atoms with van der Waals surface area (Å²) in [5.74, 6) is 0. The Hall–Kier alpha value is -4.70. The van der Waals surface area contributed by atoms with E-state index in [4.69, 9.17) is 4.65 Å². The first-order valence-corrected chi connectivity index (χ1v) is 15.6. The average Bonchev–Trinajstić information content (AvgIpc) is 3.07. The molecule has 45 heavy (non-hydrogen) atoms. The van der Waals surface area contributed by atoms with Crippen molar-refractivity contribution >= 4 is 12.9 Å². The van der Waals surface area contributed by atoms with E-state index < -0.39 is 11.2 Å². The predicted octanol–water partition coefficient (Wildman–Crippen LogP) is 9.56. The molecule has 0 aliphatic heterocycles. The van der Waals surface area contributed by atoms with Crippen LogP contribution in [0.25, 0.3) is 55.6 Å². The van der Waals surface area contributed by atoms with Crippen LogP contribution in [0.5, 0.6) is 0 Å². The van der Waals surface area contributed by atoms with Gasteiger partial charge < -0.3 is 9.76 Å². The molecule has 0 saturated heterocycles. The summed E-state index contributed by atoms with van der Waals surface area (Å²) < 4.78 is 6.30. The maximum atomic E-state index is 10.7. The monoisotopic (exact) mass is 586 g/mol. The second kappa shape index (κ2) is 12.7. The molecule has 0 spiro atoms. The lowest BCUT2D eigenvalue weighted by atomic mass is 9.77. The number of rotatable bonds is 9. The highest BCUT2D eigenvalue weighted by molar-refractivity contribution is 6.47. The van der Waals surface area contributed by atoms with Crippen LogP contribution >= 0.6 is 0 Å². The molecule has 0 atom stereocenters. The third-order valence-corrected chi connectivity index (χ3v) is 8.91. The molecule has 0 saturated carbocycles. The summed E-state index contributed by atoms with van der Waals surface area (Å²) in [6.07, 6.45) is 0. The van der Waals surface area contributed by atoms with Crippen molar-refractivity contribution in [2.75, 3.05) is 0 Å². The van der Waals surface area contributed by atoms with Gasteiger partial charge in [-0.15, -0.1) is 0 Å². The second-order valence-electron chi connectivity index (χ2n) is 12.6. The fourth-order valence-corrected chi connectivity index (χ4v) is 5.73. The first-order chi connectivity index (χ1) is 21.7. The van der Waals surface area contributed by atoms with E-state index in [1.54, 1.807) is 13.8 Å². The van der Waals surface area contributed by atoms with Crippen LogP contribution in [0.15, 0.2) is 152 Å². The molecule has 222 valence electrons. The lowest BCUT2D eigenvalue weighted by Crippen LogP contribution is -2.49. The third kappa shape index (κ3) is 6.42. The van der Waals surface area contributed by atoms with Crippen LogP contribution in [-0.4, -0.2) is 23.8 Å². The van der Waals surface area contributed by atoms with Gasteiger partial charge in [-0.05, 0) is 89.4 Å². The van der Waals surface area contributed by atoms with Gasteiger partial charge in [0.05, 0.1) is 11.2 Å². The molecule has 0 radical (unpaired) electrons. The topological polar surface area (TPSA) is 29.5 Å². The minimum absolute atomic E-state index is 0.394. The van der Waals surface area contributed by atoms with Gasteiger partial charge in [-0.3, -0.25) is 0 Å². The molecule has 0 aliphatic carbocycles. The summed E-state index contributed by atoms with van der Waals surface area (Å²) in [6, 6.07) is 53.9. The SMILES string of the molecule is CC(C)(O)C(C)(C)OBc1cccc(-c2cc(-c3ccccc3)c(-c3ccccc3)c(-c3ccccc3)c2-c2ccccc2)c1. The van der Waals surface area contributed by atoms with Crippen LogP contribution in [0.3, 0.4) is 0 Å². The van der Waals surface area contributed by atoms with Crippen molar-refractivity contribution in [3.05, 3.63) is 152 Å². The highest BCUT2D eigenvalue weighted by Crippen LogP contribution is 2.50. The molecule has 0 bridgehead atoms.